The molecule has 27 heavy (non-hydrogen) atoms. The van der Waals surface area contributed by atoms with Crippen LogP contribution in [-0.2, 0) is 26.2 Å². The van der Waals surface area contributed by atoms with Crippen molar-refractivity contribution in [3.05, 3.63) is 88.9 Å². The molecule has 0 saturated carbocycles. The molecular weight excluding hydrogens is 450 g/mol. The molecule has 139 valence electrons. The molecule has 3 unspecified atom stereocenters. The van der Waals surface area contributed by atoms with Gasteiger partial charge in [-0.1, -0.05) is 86.2 Å². The first-order chi connectivity index (χ1) is 11.7. The van der Waals surface area contributed by atoms with Crippen molar-refractivity contribution in [1.29, 1.82) is 0 Å². The summed E-state index contributed by atoms with van der Waals surface area (Å²) in [5, 5.41) is 0. The first-order valence-corrected chi connectivity index (χ1v) is 9.10. The second-order valence-corrected chi connectivity index (χ2v) is 7.28. The fourth-order valence-electron chi connectivity index (χ4n) is 4.21. The normalized spacial score (nSPS) is 19.5. The summed E-state index contributed by atoms with van der Waals surface area (Å²) in [5.74, 6) is 3.37. The van der Waals surface area contributed by atoms with Gasteiger partial charge in [0.1, 0.15) is 0 Å². The van der Waals surface area contributed by atoms with Gasteiger partial charge in [-0.2, -0.15) is 19.3 Å². The maximum atomic E-state index is 2.39. The van der Waals surface area contributed by atoms with Crippen molar-refractivity contribution < 1.29 is 51.0 Å². The van der Waals surface area contributed by atoms with Crippen LogP contribution in [0.3, 0.4) is 0 Å². The maximum absolute atomic E-state index is 2.39. The Morgan fingerprint density at radius 2 is 1.41 bits per heavy atom. The predicted molar refractivity (Wildman–Crippen MR) is 104 cm³/mol. The molecule has 0 spiro atoms. The molecule has 3 atom stereocenters. The molecule has 2 aromatic rings. The Hall–Kier alpha value is -0.617. The second-order valence-electron chi connectivity index (χ2n) is 7.28. The van der Waals surface area contributed by atoms with Crippen molar-refractivity contribution in [2.24, 2.45) is 5.92 Å². The number of allylic oxidation sites excluding steroid dienone is 2. The summed E-state index contributed by atoms with van der Waals surface area (Å²) >= 11 is 0. The van der Waals surface area contributed by atoms with Crippen LogP contribution in [0.4, 0.5) is 0 Å². The van der Waals surface area contributed by atoms with Crippen LogP contribution in [-0.4, -0.2) is 0 Å². The van der Waals surface area contributed by atoms with Crippen LogP contribution in [0, 0.1) is 11.8 Å². The molecule has 0 nitrogen and oxygen atoms in total. The fourth-order valence-corrected chi connectivity index (χ4v) is 4.21. The molecule has 0 heterocycles. The van der Waals surface area contributed by atoms with Gasteiger partial charge >= 0.3 is 26.2 Å². The Balaban J connectivity index is 0.00000121. The van der Waals surface area contributed by atoms with Crippen LogP contribution < -0.4 is 24.8 Å². The van der Waals surface area contributed by atoms with Gasteiger partial charge in [-0.15, -0.1) is 0 Å². The summed E-state index contributed by atoms with van der Waals surface area (Å²) < 4.78 is 0. The number of halogens is 2. The molecule has 0 amide bonds. The third kappa shape index (κ3) is 5.06. The summed E-state index contributed by atoms with van der Waals surface area (Å²) in [6.07, 6.45) is 11.8. The van der Waals surface area contributed by atoms with Gasteiger partial charge < -0.3 is 30.7 Å². The average molecular weight is 476 g/mol. The minimum Gasteiger partial charge on any atom is -1.00 e. The summed E-state index contributed by atoms with van der Waals surface area (Å²) in [4.78, 5) is 0. The van der Waals surface area contributed by atoms with E-state index in [4.69, 9.17) is 0 Å². The zero-order valence-electron chi connectivity index (χ0n) is 15.8. The smallest absolute Gasteiger partial charge is 1.00 e. The number of benzene rings is 2. The van der Waals surface area contributed by atoms with Crippen LogP contribution in [0.15, 0.2) is 60.7 Å². The van der Waals surface area contributed by atoms with Gasteiger partial charge in [-0.05, 0) is 28.2 Å². The quantitative estimate of drug-likeness (QED) is 0.557. The average Bonchev–Trinajstić information content (AvgIpc) is 3.23. The summed E-state index contributed by atoms with van der Waals surface area (Å²) in [6.45, 7) is 4.74. The van der Waals surface area contributed by atoms with Crippen LogP contribution in [0.1, 0.15) is 60.8 Å². The topological polar surface area (TPSA) is 0 Å². The minimum absolute atomic E-state index is 0. The van der Waals surface area contributed by atoms with Crippen LogP contribution in [0.5, 0.6) is 0 Å². The molecule has 0 fully saturated rings. The van der Waals surface area contributed by atoms with Crippen molar-refractivity contribution in [3.63, 3.8) is 0 Å². The third-order valence-electron chi connectivity index (χ3n) is 5.91. The van der Waals surface area contributed by atoms with Gasteiger partial charge in [-0.25, -0.2) is 0 Å². The van der Waals surface area contributed by atoms with Gasteiger partial charge in [0, 0.05) is 5.92 Å². The zero-order chi connectivity index (χ0) is 16.5. The maximum Gasteiger partial charge on any atom is 3.00 e. The van der Waals surface area contributed by atoms with E-state index in [1.165, 1.54) is 35.1 Å². The predicted octanol–water partition coefficient (Wildman–Crippen LogP) is 0.624. The largest absolute Gasteiger partial charge is 3.00 e. The SMILES string of the molecule is C[C-](CCC1C=Cc2ccccc21)C(C)C1C=Cc2ccccc21.[Cl-].[Cl-].[Zr+3]. The van der Waals surface area contributed by atoms with Gasteiger partial charge in [0.25, 0.3) is 0 Å². The third-order valence-corrected chi connectivity index (χ3v) is 5.91. The van der Waals surface area contributed by atoms with E-state index in [1.54, 1.807) is 5.92 Å². The second kappa shape index (κ2) is 10.8. The molecule has 0 bridgehead atoms. The summed E-state index contributed by atoms with van der Waals surface area (Å²) in [5.41, 5.74) is 5.80. The van der Waals surface area contributed by atoms with E-state index in [-0.39, 0.29) is 51.0 Å². The Labute approximate surface area is 195 Å². The molecule has 3 heteroatoms. The van der Waals surface area contributed by atoms with Crippen LogP contribution in [0.25, 0.3) is 12.2 Å². The Bertz CT molecular complexity index is 796. The number of rotatable bonds is 5. The van der Waals surface area contributed by atoms with E-state index in [1.807, 2.05) is 0 Å². The van der Waals surface area contributed by atoms with Gasteiger partial charge in [0.05, 0.1) is 0 Å². The monoisotopic (exact) mass is 473 g/mol. The van der Waals surface area contributed by atoms with E-state index >= 15 is 0 Å². The van der Waals surface area contributed by atoms with Gasteiger partial charge in [0.15, 0.2) is 0 Å². The summed E-state index contributed by atoms with van der Waals surface area (Å²) in [7, 11) is 0. The van der Waals surface area contributed by atoms with Crippen molar-refractivity contribution >= 4 is 12.2 Å². The zero-order valence-corrected chi connectivity index (χ0v) is 19.8. The van der Waals surface area contributed by atoms with Crippen molar-refractivity contribution in [1.82, 2.24) is 0 Å². The van der Waals surface area contributed by atoms with Crippen LogP contribution >= 0.6 is 0 Å². The van der Waals surface area contributed by atoms with E-state index in [9.17, 15) is 0 Å². The van der Waals surface area contributed by atoms with Crippen LogP contribution in [0.2, 0.25) is 0 Å². The first-order valence-electron chi connectivity index (χ1n) is 9.10. The van der Waals surface area contributed by atoms with E-state index in [0.717, 1.165) is 0 Å². The molecule has 0 saturated heterocycles. The van der Waals surface area contributed by atoms with Gasteiger partial charge in [0.2, 0.25) is 0 Å². The molecule has 0 N–H and O–H groups in total. The Morgan fingerprint density at radius 1 is 0.852 bits per heavy atom. The Morgan fingerprint density at radius 3 is 2.11 bits per heavy atom. The molecule has 2 aliphatic carbocycles. The standard InChI is InChI=1S/C24H25.2ClH.Zr/c1-17(11-12-21-14-13-19-7-3-5-9-23(19)21)18(2)22-16-15-20-8-4-6-10-24(20)22;;;/h3-10,13-16,18,21-22H,11-12H2,1-2H3;2*1H;/q-1;;;+3/p-2. The fraction of sp³-hybridized carbons (Fsp3) is 0.292. The first kappa shape index (κ1) is 24.4. The van der Waals surface area contributed by atoms with E-state index in [2.05, 4.69) is 86.7 Å². The molecule has 2 aromatic carbocycles. The summed E-state index contributed by atoms with van der Waals surface area (Å²) in [6, 6.07) is 17.6. The molecule has 2 aliphatic rings. The Kier molecular flexibility index (Phi) is 9.77. The minimum atomic E-state index is 0. The molecule has 4 rings (SSSR count). The molecule has 0 aliphatic heterocycles. The van der Waals surface area contributed by atoms with Crippen molar-refractivity contribution in [2.75, 3.05) is 0 Å². The van der Waals surface area contributed by atoms with Crippen molar-refractivity contribution in [2.45, 2.75) is 38.5 Å². The van der Waals surface area contributed by atoms with Crippen molar-refractivity contribution in [3.8, 4) is 0 Å². The number of fused-ring (bicyclic) bond motifs is 2. The van der Waals surface area contributed by atoms with Gasteiger partial charge in [-0.3, -0.25) is 0 Å². The van der Waals surface area contributed by atoms with E-state index < -0.39 is 0 Å². The van der Waals surface area contributed by atoms with E-state index in [0.29, 0.717) is 17.8 Å². The molecule has 1 radical (unpaired) electrons. The number of hydrogen-bond donors (Lipinski definition) is 0. The molecule has 0 aromatic heterocycles. The molecular formula is C24H25Cl2Zr. The number of hydrogen-bond acceptors (Lipinski definition) is 0.